The highest BCUT2D eigenvalue weighted by molar-refractivity contribution is 7.53. The Morgan fingerprint density at radius 2 is 1.83 bits per heavy atom. The highest BCUT2D eigenvalue weighted by atomic mass is 31.2. The predicted molar refractivity (Wildman–Crippen MR) is 93.0 cm³/mol. The lowest BCUT2D eigenvalue weighted by molar-refractivity contribution is 0.0418. The Morgan fingerprint density at radius 1 is 1.25 bits per heavy atom. The van der Waals surface area contributed by atoms with E-state index in [4.69, 9.17) is 19.5 Å². The van der Waals surface area contributed by atoms with Crippen LogP contribution >= 0.6 is 7.60 Å². The zero-order chi connectivity index (χ0) is 18.3. The Hall–Kier alpha value is -1.21. The van der Waals surface area contributed by atoms with E-state index in [1.165, 1.54) is 4.57 Å². The van der Waals surface area contributed by atoms with Crippen LogP contribution < -0.4 is 11.4 Å². The van der Waals surface area contributed by atoms with Gasteiger partial charge in [-0.05, 0) is 40.2 Å². The van der Waals surface area contributed by atoms with Gasteiger partial charge in [-0.3, -0.25) is 9.13 Å². The molecule has 0 aliphatic heterocycles. The molecule has 0 spiro atoms. The van der Waals surface area contributed by atoms with Gasteiger partial charge in [0.2, 0.25) is 0 Å². The highest BCUT2D eigenvalue weighted by Gasteiger charge is 2.29. The van der Waals surface area contributed by atoms with Gasteiger partial charge in [-0.15, -0.1) is 0 Å². The average molecular weight is 361 g/mol. The number of ether oxygens (including phenoxy) is 1. The van der Waals surface area contributed by atoms with E-state index in [2.05, 4.69) is 4.98 Å². The van der Waals surface area contributed by atoms with Gasteiger partial charge in [0, 0.05) is 6.20 Å². The number of hydrogen-bond donors (Lipinski definition) is 1. The molecule has 0 aliphatic rings. The lowest BCUT2D eigenvalue weighted by Gasteiger charge is -2.25. The van der Waals surface area contributed by atoms with Crippen LogP contribution in [0.1, 0.15) is 41.0 Å². The molecule has 0 radical (unpaired) electrons. The van der Waals surface area contributed by atoms with Gasteiger partial charge in [0.25, 0.3) is 0 Å². The molecule has 1 aromatic rings. The van der Waals surface area contributed by atoms with Crippen LogP contribution in [0, 0.1) is 0 Å². The van der Waals surface area contributed by atoms with E-state index >= 15 is 0 Å². The van der Waals surface area contributed by atoms with E-state index in [-0.39, 0.29) is 37.0 Å². The van der Waals surface area contributed by atoms with E-state index in [0.29, 0.717) is 6.42 Å². The number of aromatic nitrogens is 2. The molecule has 9 heteroatoms. The molecule has 0 bridgehead atoms. The number of nitrogen functional groups attached to an aromatic ring is 1. The van der Waals surface area contributed by atoms with Gasteiger partial charge in [-0.25, -0.2) is 4.79 Å². The number of hydrogen-bond acceptors (Lipinski definition) is 7. The second-order valence-electron chi connectivity index (χ2n) is 6.03. The Morgan fingerprint density at radius 3 is 2.29 bits per heavy atom. The summed E-state index contributed by atoms with van der Waals surface area (Å²) < 4.78 is 30.8. The minimum absolute atomic E-state index is 0.168. The number of nitrogens with zero attached hydrogens (tertiary/aromatic N) is 2. The normalized spacial score (nSPS) is 13.6. The molecule has 8 nitrogen and oxygen atoms in total. The Labute approximate surface area is 142 Å². The summed E-state index contributed by atoms with van der Waals surface area (Å²) in [5, 5.41) is 0. The van der Waals surface area contributed by atoms with Crippen molar-refractivity contribution < 1.29 is 18.3 Å². The van der Waals surface area contributed by atoms with Crippen LogP contribution in [0.4, 0.5) is 5.82 Å². The summed E-state index contributed by atoms with van der Waals surface area (Å²) in [5.74, 6) is 0.172. The van der Waals surface area contributed by atoms with Crippen molar-refractivity contribution >= 4 is 13.4 Å². The lowest BCUT2D eigenvalue weighted by Crippen LogP contribution is -2.30. The number of anilines is 1. The van der Waals surface area contributed by atoms with Gasteiger partial charge >= 0.3 is 13.3 Å². The summed E-state index contributed by atoms with van der Waals surface area (Å²) in [6, 6.07) is 1.54. The summed E-state index contributed by atoms with van der Waals surface area (Å²) in [7, 11) is -3.37. The van der Waals surface area contributed by atoms with Crippen molar-refractivity contribution in [2.45, 2.75) is 65.9 Å². The molecule has 0 saturated heterocycles. The first-order valence-corrected chi connectivity index (χ1v) is 9.78. The molecule has 1 rings (SSSR count). The van der Waals surface area contributed by atoms with Gasteiger partial charge in [0.1, 0.15) is 12.2 Å². The molecule has 0 fully saturated rings. The maximum Gasteiger partial charge on any atom is 0.356 e. The molecule has 1 aromatic heterocycles. The van der Waals surface area contributed by atoms with Crippen molar-refractivity contribution in [1.82, 2.24) is 9.55 Å². The Kier molecular flexibility index (Phi) is 8.09. The third-order valence-corrected chi connectivity index (χ3v) is 4.91. The molecule has 0 aromatic carbocycles. The molecule has 24 heavy (non-hydrogen) atoms. The van der Waals surface area contributed by atoms with Crippen LogP contribution in [0.5, 0.6) is 0 Å². The van der Waals surface area contributed by atoms with Gasteiger partial charge in [0.05, 0.1) is 24.9 Å². The summed E-state index contributed by atoms with van der Waals surface area (Å²) >= 11 is 0. The van der Waals surface area contributed by atoms with Crippen LogP contribution in [-0.2, 0) is 24.9 Å². The Bertz CT molecular complexity index is 603. The molecular weight excluding hydrogens is 333 g/mol. The van der Waals surface area contributed by atoms with E-state index in [9.17, 15) is 9.36 Å². The van der Waals surface area contributed by atoms with Crippen molar-refractivity contribution in [3.8, 4) is 0 Å². The zero-order valence-corrected chi connectivity index (χ0v) is 15.9. The van der Waals surface area contributed by atoms with Crippen molar-refractivity contribution in [2.24, 2.45) is 0 Å². The maximum atomic E-state index is 12.8. The Balaban J connectivity index is 2.75. The van der Waals surface area contributed by atoms with Crippen LogP contribution in [-0.4, -0.2) is 34.2 Å². The van der Waals surface area contributed by atoms with E-state index < -0.39 is 13.3 Å². The minimum Gasteiger partial charge on any atom is -0.383 e. The van der Waals surface area contributed by atoms with Crippen molar-refractivity contribution in [2.75, 3.05) is 12.1 Å². The van der Waals surface area contributed by atoms with Gasteiger partial charge in [-0.1, -0.05) is 6.92 Å². The smallest absolute Gasteiger partial charge is 0.356 e. The van der Waals surface area contributed by atoms with Crippen LogP contribution in [0.25, 0.3) is 0 Å². The second kappa shape index (κ2) is 9.32. The van der Waals surface area contributed by atoms with Gasteiger partial charge < -0.3 is 19.5 Å². The van der Waals surface area contributed by atoms with Crippen molar-refractivity contribution in [3.63, 3.8) is 0 Å². The molecule has 0 saturated carbocycles. The summed E-state index contributed by atoms with van der Waals surface area (Å²) in [6.07, 6.45) is 1.20. The van der Waals surface area contributed by atoms with Crippen molar-refractivity contribution in [3.05, 3.63) is 22.7 Å². The van der Waals surface area contributed by atoms with E-state index in [1.807, 2.05) is 6.92 Å². The molecule has 0 amide bonds. The first-order valence-electron chi connectivity index (χ1n) is 8.05. The topological polar surface area (TPSA) is 106 Å². The van der Waals surface area contributed by atoms with Crippen molar-refractivity contribution in [1.29, 1.82) is 0 Å². The van der Waals surface area contributed by atoms with Crippen LogP contribution in [0.3, 0.4) is 0 Å². The monoisotopic (exact) mass is 361 g/mol. The van der Waals surface area contributed by atoms with E-state index in [0.717, 1.165) is 0 Å². The molecular formula is C15H28N3O5P. The van der Waals surface area contributed by atoms with E-state index in [1.54, 1.807) is 40.0 Å². The largest absolute Gasteiger partial charge is 0.383 e. The molecule has 2 N–H and O–H groups in total. The molecule has 1 heterocycles. The summed E-state index contributed by atoms with van der Waals surface area (Å²) in [4.78, 5) is 15.5. The van der Waals surface area contributed by atoms with Crippen LogP contribution in [0.2, 0.25) is 0 Å². The standard InChI is InChI=1S/C15H28N3O5P/c1-6-13(9-18-8-7-14(16)17-15(18)19)21-10-24(20,22-11(2)3)23-12(4)5/h7-8,11-13H,6,9-10H2,1-5H3,(H2,16,17,19)/t13-/m0/s1. The fourth-order valence-corrected chi connectivity index (χ4v) is 3.87. The quantitative estimate of drug-likeness (QED) is 0.639. The summed E-state index contributed by atoms with van der Waals surface area (Å²) in [5.41, 5.74) is 5.03. The molecule has 0 aliphatic carbocycles. The third-order valence-electron chi connectivity index (χ3n) is 2.96. The van der Waals surface area contributed by atoms with Crippen LogP contribution in [0.15, 0.2) is 17.1 Å². The number of nitrogens with two attached hydrogens (primary N) is 1. The molecule has 1 atom stereocenters. The SMILES string of the molecule is CC[C@@H](Cn1ccc(N)nc1=O)OCP(=O)(OC(C)C)OC(C)C. The fraction of sp³-hybridized carbons (Fsp3) is 0.733. The molecule has 138 valence electrons. The molecule has 0 unspecified atom stereocenters. The second-order valence-corrected chi connectivity index (χ2v) is 7.93. The maximum absolute atomic E-state index is 12.8. The zero-order valence-electron chi connectivity index (χ0n) is 15.0. The van der Waals surface area contributed by atoms with Gasteiger partial charge in [-0.2, -0.15) is 4.98 Å². The predicted octanol–water partition coefficient (Wildman–Crippen LogP) is 2.62. The summed E-state index contributed by atoms with van der Waals surface area (Å²) in [6.45, 7) is 9.34. The number of rotatable bonds is 10. The minimum atomic E-state index is -3.37. The highest BCUT2D eigenvalue weighted by Crippen LogP contribution is 2.50. The first kappa shape index (κ1) is 20.8. The average Bonchev–Trinajstić information content (AvgIpc) is 2.43. The fourth-order valence-electron chi connectivity index (χ4n) is 2.02. The third kappa shape index (κ3) is 7.13. The first-order chi connectivity index (χ1) is 11.1. The lowest BCUT2D eigenvalue weighted by atomic mass is 10.3. The van der Waals surface area contributed by atoms with Gasteiger partial charge in [0.15, 0.2) is 0 Å².